The summed E-state index contributed by atoms with van der Waals surface area (Å²) in [6.45, 7) is 2.36. The molecule has 0 saturated heterocycles. The predicted octanol–water partition coefficient (Wildman–Crippen LogP) is 4.51. The second-order valence-electron chi connectivity index (χ2n) is 5.35. The molecule has 3 aromatic rings. The fourth-order valence-electron chi connectivity index (χ4n) is 2.37. The molecule has 0 radical (unpaired) electrons. The van der Waals surface area contributed by atoms with Crippen molar-refractivity contribution in [1.82, 2.24) is 4.98 Å². The summed E-state index contributed by atoms with van der Waals surface area (Å²) in [7, 11) is 0. The van der Waals surface area contributed by atoms with Crippen molar-refractivity contribution in [2.24, 2.45) is 0 Å². The standard InChI is InChI=1S/C18H14N4O2S/c1-12-17(25-18(21-12)14-5-3-2-4-6-14)11-20-15-8-7-13(10-19)9-16(15)22(23)24/h2-9,20H,11H2,1H3. The Morgan fingerprint density at radius 1 is 1.28 bits per heavy atom. The highest BCUT2D eigenvalue weighted by atomic mass is 32.1. The molecular weight excluding hydrogens is 336 g/mol. The van der Waals surface area contributed by atoms with E-state index in [9.17, 15) is 10.1 Å². The molecule has 0 bridgehead atoms. The van der Waals surface area contributed by atoms with E-state index in [1.165, 1.54) is 6.07 Å². The van der Waals surface area contributed by atoms with E-state index in [1.54, 1.807) is 23.5 Å². The normalized spacial score (nSPS) is 10.2. The molecule has 0 aliphatic rings. The SMILES string of the molecule is Cc1nc(-c2ccccc2)sc1CNc1ccc(C#N)cc1[N+](=O)[O-]. The first-order valence-corrected chi connectivity index (χ1v) is 8.34. The van der Waals surface area contributed by atoms with E-state index in [0.29, 0.717) is 12.2 Å². The number of aryl methyl sites for hydroxylation is 1. The number of aromatic nitrogens is 1. The summed E-state index contributed by atoms with van der Waals surface area (Å²) in [5, 5.41) is 24.1. The van der Waals surface area contributed by atoms with E-state index in [4.69, 9.17) is 5.26 Å². The van der Waals surface area contributed by atoms with Crippen LogP contribution in [0.2, 0.25) is 0 Å². The monoisotopic (exact) mass is 350 g/mol. The van der Waals surface area contributed by atoms with Gasteiger partial charge in [-0.2, -0.15) is 5.26 Å². The highest BCUT2D eigenvalue weighted by molar-refractivity contribution is 7.15. The first-order chi connectivity index (χ1) is 12.1. The van der Waals surface area contributed by atoms with Gasteiger partial charge in [0, 0.05) is 16.5 Å². The highest BCUT2D eigenvalue weighted by Crippen LogP contribution is 2.30. The van der Waals surface area contributed by atoms with E-state index in [0.717, 1.165) is 21.1 Å². The molecule has 0 unspecified atom stereocenters. The molecule has 0 fully saturated rings. The van der Waals surface area contributed by atoms with Crippen molar-refractivity contribution in [3.8, 4) is 16.6 Å². The lowest BCUT2D eigenvalue weighted by atomic mass is 10.2. The van der Waals surface area contributed by atoms with Crippen molar-refractivity contribution in [3.63, 3.8) is 0 Å². The number of hydrogen-bond acceptors (Lipinski definition) is 6. The van der Waals surface area contributed by atoms with Gasteiger partial charge in [0.15, 0.2) is 0 Å². The maximum Gasteiger partial charge on any atom is 0.293 e. The van der Waals surface area contributed by atoms with E-state index >= 15 is 0 Å². The Morgan fingerprint density at radius 2 is 2.04 bits per heavy atom. The smallest absolute Gasteiger partial charge is 0.293 e. The van der Waals surface area contributed by atoms with Gasteiger partial charge in [0.2, 0.25) is 0 Å². The van der Waals surface area contributed by atoms with Gasteiger partial charge >= 0.3 is 0 Å². The summed E-state index contributed by atoms with van der Waals surface area (Å²) in [6, 6.07) is 16.2. The minimum atomic E-state index is -0.488. The molecule has 0 atom stereocenters. The van der Waals surface area contributed by atoms with Crippen LogP contribution in [0.3, 0.4) is 0 Å². The van der Waals surface area contributed by atoms with Crippen LogP contribution in [0.4, 0.5) is 11.4 Å². The minimum Gasteiger partial charge on any atom is -0.375 e. The van der Waals surface area contributed by atoms with Crippen LogP contribution < -0.4 is 5.32 Å². The van der Waals surface area contributed by atoms with Crippen molar-refractivity contribution in [2.45, 2.75) is 13.5 Å². The topological polar surface area (TPSA) is 91.8 Å². The van der Waals surface area contributed by atoms with Crippen molar-refractivity contribution in [2.75, 3.05) is 5.32 Å². The second kappa shape index (κ2) is 7.11. The van der Waals surface area contributed by atoms with Crippen molar-refractivity contribution in [3.05, 3.63) is 74.8 Å². The number of nitro benzene ring substituents is 1. The number of hydrogen-bond donors (Lipinski definition) is 1. The van der Waals surface area contributed by atoms with Crippen LogP contribution in [0.15, 0.2) is 48.5 Å². The summed E-state index contributed by atoms with van der Waals surface area (Å²) in [5.74, 6) is 0. The molecule has 2 aromatic carbocycles. The maximum atomic E-state index is 11.2. The number of nitrogens with one attached hydrogen (secondary N) is 1. The quantitative estimate of drug-likeness (QED) is 0.540. The zero-order valence-electron chi connectivity index (χ0n) is 13.4. The van der Waals surface area contributed by atoms with E-state index in [-0.39, 0.29) is 11.3 Å². The van der Waals surface area contributed by atoms with Crippen LogP contribution in [-0.4, -0.2) is 9.91 Å². The van der Waals surface area contributed by atoms with Crippen molar-refractivity contribution >= 4 is 22.7 Å². The number of anilines is 1. The van der Waals surface area contributed by atoms with Gasteiger partial charge in [0.25, 0.3) is 5.69 Å². The number of nitriles is 1. The lowest BCUT2D eigenvalue weighted by Gasteiger charge is -2.06. The summed E-state index contributed by atoms with van der Waals surface area (Å²) < 4.78 is 0. The predicted molar refractivity (Wildman–Crippen MR) is 97.4 cm³/mol. The molecule has 1 aromatic heterocycles. The van der Waals surface area contributed by atoms with Crippen LogP contribution >= 0.6 is 11.3 Å². The molecule has 1 heterocycles. The van der Waals surface area contributed by atoms with E-state index < -0.39 is 4.92 Å². The Morgan fingerprint density at radius 3 is 2.72 bits per heavy atom. The third kappa shape index (κ3) is 3.65. The number of thiazole rings is 1. The van der Waals surface area contributed by atoms with Gasteiger partial charge in [-0.15, -0.1) is 11.3 Å². The molecule has 0 amide bonds. The van der Waals surface area contributed by atoms with Gasteiger partial charge in [-0.05, 0) is 19.1 Å². The Bertz CT molecular complexity index is 961. The highest BCUT2D eigenvalue weighted by Gasteiger charge is 2.16. The molecule has 0 aliphatic carbocycles. The molecule has 0 saturated carbocycles. The Kier molecular flexibility index (Phi) is 4.73. The maximum absolute atomic E-state index is 11.2. The molecule has 3 rings (SSSR count). The fourth-order valence-corrected chi connectivity index (χ4v) is 3.38. The largest absolute Gasteiger partial charge is 0.375 e. The lowest BCUT2D eigenvalue weighted by Crippen LogP contribution is -2.02. The van der Waals surface area contributed by atoms with Crippen LogP contribution in [0.5, 0.6) is 0 Å². The first kappa shape index (κ1) is 16.6. The number of benzene rings is 2. The molecule has 6 nitrogen and oxygen atoms in total. The summed E-state index contributed by atoms with van der Waals surface area (Å²) >= 11 is 1.56. The number of nitrogens with zero attached hydrogens (tertiary/aromatic N) is 3. The van der Waals surface area contributed by atoms with E-state index in [1.807, 2.05) is 43.3 Å². The Balaban J connectivity index is 1.82. The Hall–Kier alpha value is -3.24. The van der Waals surface area contributed by atoms with Crippen molar-refractivity contribution < 1.29 is 4.92 Å². The third-order valence-electron chi connectivity index (χ3n) is 3.68. The van der Waals surface area contributed by atoms with Crippen molar-refractivity contribution in [1.29, 1.82) is 5.26 Å². The lowest BCUT2D eigenvalue weighted by molar-refractivity contribution is -0.384. The van der Waals surface area contributed by atoms with Crippen LogP contribution in [0.25, 0.3) is 10.6 Å². The van der Waals surface area contributed by atoms with Crippen LogP contribution in [-0.2, 0) is 6.54 Å². The van der Waals surface area contributed by atoms with Gasteiger partial charge in [-0.25, -0.2) is 4.98 Å². The average molecular weight is 350 g/mol. The number of rotatable bonds is 5. The zero-order chi connectivity index (χ0) is 17.8. The summed E-state index contributed by atoms with van der Waals surface area (Å²) in [6.07, 6.45) is 0. The van der Waals surface area contributed by atoms with Gasteiger partial charge in [0.05, 0.1) is 28.8 Å². The Labute approximate surface area is 148 Å². The molecular formula is C18H14N4O2S. The molecule has 7 heteroatoms. The van der Waals surface area contributed by atoms with Gasteiger partial charge in [-0.1, -0.05) is 30.3 Å². The molecule has 25 heavy (non-hydrogen) atoms. The second-order valence-corrected chi connectivity index (χ2v) is 6.43. The van der Waals surface area contributed by atoms with Gasteiger partial charge < -0.3 is 5.32 Å². The number of nitro groups is 1. The van der Waals surface area contributed by atoms with E-state index in [2.05, 4.69) is 10.3 Å². The molecule has 124 valence electrons. The van der Waals surface area contributed by atoms with Gasteiger partial charge in [-0.3, -0.25) is 10.1 Å². The zero-order valence-corrected chi connectivity index (χ0v) is 14.2. The summed E-state index contributed by atoms with van der Waals surface area (Å²) in [4.78, 5) is 16.3. The fraction of sp³-hybridized carbons (Fsp3) is 0.111. The third-order valence-corrected chi connectivity index (χ3v) is 4.88. The summed E-state index contributed by atoms with van der Waals surface area (Å²) in [5.41, 5.74) is 2.49. The average Bonchev–Trinajstić information content (AvgIpc) is 3.01. The minimum absolute atomic E-state index is 0.107. The molecule has 0 aliphatic heterocycles. The molecule has 1 N–H and O–H groups in total. The first-order valence-electron chi connectivity index (χ1n) is 7.52. The van der Waals surface area contributed by atoms with Crippen LogP contribution in [0.1, 0.15) is 16.1 Å². The van der Waals surface area contributed by atoms with Gasteiger partial charge in [0.1, 0.15) is 10.7 Å². The molecule has 0 spiro atoms. The van der Waals surface area contributed by atoms with Crippen LogP contribution in [0, 0.1) is 28.4 Å².